The van der Waals surface area contributed by atoms with E-state index in [0.29, 0.717) is 17.2 Å². The van der Waals surface area contributed by atoms with E-state index in [4.69, 9.17) is 9.15 Å². The fourth-order valence-corrected chi connectivity index (χ4v) is 3.24. The second-order valence-corrected chi connectivity index (χ2v) is 6.55. The van der Waals surface area contributed by atoms with Crippen LogP contribution in [0.2, 0.25) is 0 Å². The second-order valence-electron chi connectivity index (χ2n) is 6.55. The number of fused-ring (bicyclic) bond motifs is 1. The van der Waals surface area contributed by atoms with Crippen molar-refractivity contribution in [1.29, 1.82) is 0 Å². The van der Waals surface area contributed by atoms with Gasteiger partial charge in [-0.15, -0.1) is 0 Å². The third-order valence-corrected chi connectivity index (χ3v) is 4.56. The number of oxazole rings is 1. The van der Waals surface area contributed by atoms with E-state index in [1.165, 1.54) is 0 Å². The number of ether oxygens (including phenoxy) is 1. The van der Waals surface area contributed by atoms with Crippen molar-refractivity contribution in [3.8, 4) is 17.2 Å². The lowest BCUT2D eigenvalue weighted by Crippen LogP contribution is -2.54. The fourth-order valence-electron chi connectivity index (χ4n) is 3.24. The van der Waals surface area contributed by atoms with Gasteiger partial charge in [0.1, 0.15) is 17.4 Å². The maximum absolute atomic E-state index is 10.2. The maximum atomic E-state index is 10.2. The zero-order chi connectivity index (χ0) is 17.9. The van der Waals surface area contributed by atoms with Gasteiger partial charge in [-0.1, -0.05) is 18.2 Å². The summed E-state index contributed by atoms with van der Waals surface area (Å²) in [5, 5.41) is 13.5. The monoisotopic (exact) mass is 353 g/mol. The third kappa shape index (κ3) is 3.58. The molecule has 0 spiro atoms. The molecule has 2 aromatic carbocycles. The molecule has 1 aromatic heterocycles. The van der Waals surface area contributed by atoms with Crippen LogP contribution in [0.25, 0.3) is 22.6 Å². The predicted molar refractivity (Wildman–Crippen MR) is 100.0 cm³/mol. The topological polar surface area (TPSA) is 70.8 Å². The Morgan fingerprint density at radius 2 is 1.92 bits per heavy atom. The molecule has 0 saturated carbocycles. The number of benzene rings is 2. The Morgan fingerprint density at radius 3 is 2.65 bits per heavy atom. The normalized spacial score (nSPS) is 17.9. The number of aliphatic hydroxyl groups is 1. The minimum Gasteiger partial charge on any atom is -0.472 e. The summed E-state index contributed by atoms with van der Waals surface area (Å²) >= 11 is 0. The SMILES string of the molecule is C[C@@H](O)C(Oc1ccc2oc(-c3ccccc3)nc2c1)N1CCNCC1. The van der Waals surface area contributed by atoms with Crippen molar-refractivity contribution in [1.82, 2.24) is 15.2 Å². The molecule has 2 N–H and O–H groups in total. The highest BCUT2D eigenvalue weighted by Gasteiger charge is 2.26. The van der Waals surface area contributed by atoms with E-state index in [-0.39, 0.29) is 6.23 Å². The van der Waals surface area contributed by atoms with Crippen LogP contribution in [0.3, 0.4) is 0 Å². The van der Waals surface area contributed by atoms with Gasteiger partial charge in [0.2, 0.25) is 5.89 Å². The lowest BCUT2D eigenvalue weighted by atomic mass is 10.2. The molecule has 0 bridgehead atoms. The summed E-state index contributed by atoms with van der Waals surface area (Å²) in [6.07, 6.45) is -0.976. The minimum atomic E-state index is -0.596. The van der Waals surface area contributed by atoms with E-state index in [2.05, 4.69) is 15.2 Å². The number of aliphatic hydroxyl groups excluding tert-OH is 1. The molecule has 3 aromatic rings. The highest BCUT2D eigenvalue weighted by Crippen LogP contribution is 2.27. The van der Waals surface area contributed by atoms with Crippen LogP contribution in [0.4, 0.5) is 0 Å². The van der Waals surface area contributed by atoms with Crippen LogP contribution in [0.15, 0.2) is 52.9 Å². The Labute approximate surface area is 152 Å². The molecular weight excluding hydrogens is 330 g/mol. The number of nitrogens with one attached hydrogen (secondary N) is 1. The average molecular weight is 353 g/mol. The molecule has 1 saturated heterocycles. The van der Waals surface area contributed by atoms with Crippen LogP contribution in [-0.4, -0.2) is 53.5 Å². The largest absolute Gasteiger partial charge is 0.472 e. The lowest BCUT2D eigenvalue weighted by Gasteiger charge is -2.36. The Balaban J connectivity index is 1.58. The number of piperazine rings is 1. The first-order valence-corrected chi connectivity index (χ1v) is 8.96. The average Bonchev–Trinajstić information content (AvgIpc) is 3.10. The molecule has 0 radical (unpaired) electrons. The summed E-state index contributed by atoms with van der Waals surface area (Å²) in [5.74, 6) is 1.27. The van der Waals surface area contributed by atoms with E-state index in [9.17, 15) is 5.11 Å². The Kier molecular flexibility index (Phi) is 4.88. The predicted octanol–water partition coefficient (Wildman–Crippen LogP) is 2.49. The van der Waals surface area contributed by atoms with Gasteiger partial charge in [0.15, 0.2) is 11.8 Å². The number of hydrogen-bond donors (Lipinski definition) is 2. The maximum Gasteiger partial charge on any atom is 0.227 e. The van der Waals surface area contributed by atoms with Crippen molar-refractivity contribution < 1.29 is 14.3 Å². The summed E-state index contributed by atoms with van der Waals surface area (Å²) in [5.41, 5.74) is 2.40. The summed E-state index contributed by atoms with van der Waals surface area (Å²) in [6.45, 7) is 5.25. The van der Waals surface area contributed by atoms with Gasteiger partial charge in [0.05, 0.1) is 0 Å². The number of aromatic nitrogens is 1. The number of hydrogen-bond acceptors (Lipinski definition) is 6. The standard InChI is InChI=1S/C20H23N3O3/c1-14(24)20(23-11-9-21-10-12-23)25-16-7-8-18-17(13-16)22-19(26-18)15-5-3-2-4-6-15/h2-8,13-14,20-21,24H,9-12H2,1H3/t14-,20?/m1/s1. The van der Waals surface area contributed by atoms with Gasteiger partial charge in [-0.25, -0.2) is 4.98 Å². The van der Waals surface area contributed by atoms with Gasteiger partial charge in [-0.3, -0.25) is 4.90 Å². The minimum absolute atomic E-state index is 0.380. The lowest BCUT2D eigenvalue weighted by molar-refractivity contribution is -0.0623. The molecule has 0 amide bonds. The van der Waals surface area contributed by atoms with Crippen molar-refractivity contribution in [2.24, 2.45) is 0 Å². The van der Waals surface area contributed by atoms with Crippen LogP contribution in [0.5, 0.6) is 5.75 Å². The van der Waals surface area contributed by atoms with E-state index in [1.54, 1.807) is 6.92 Å². The van der Waals surface area contributed by atoms with Gasteiger partial charge in [-0.05, 0) is 31.2 Å². The van der Waals surface area contributed by atoms with Crippen molar-refractivity contribution in [2.45, 2.75) is 19.3 Å². The summed E-state index contributed by atoms with van der Waals surface area (Å²) in [4.78, 5) is 6.73. The van der Waals surface area contributed by atoms with E-state index in [1.807, 2.05) is 48.5 Å². The van der Waals surface area contributed by atoms with Crippen LogP contribution in [0.1, 0.15) is 6.92 Å². The van der Waals surface area contributed by atoms with Gasteiger partial charge < -0.3 is 19.6 Å². The van der Waals surface area contributed by atoms with Crippen LogP contribution < -0.4 is 10.1 Å². The summed E-state index contributed by atoms with van der Waals surface area (Å²) < 4.78 is 11.9. The smallest absolute Gasteiger partial charge is 0.227 e. The van der Waals surface area contributed by atoms with Crippen LogP contribution in [0, 0.1) is 0 Å². The summed E-state index contributed by atoms with van der Waals surface area (Å²) in [7, 11) is 0. The zero-order valence-corrected chi connectivity index (χ0v) is 14.8. The van der Waals surface area contributed by atoms with Gasteiger partial charge in [0.25, 0.3) is 0 Å². The molecule has 2 heterocycles. The highest BCUT2D eigenvalue weighted by molar-refractivity contribution is 5.77. The molecule has 136 valence electrons. The molecule has 1 aliphatic heterocycles. The second kappa shape index (κ2) is 7.45. The zero-order valence-electron chi connectivity index (χ0n) is 14.8. The Hall–Kier alpha value is -2.41. The van der Waals surface area contributed by atoms with Crippen LogP contribution >= 0.6 is 0 Å². The Bertz CT molecular complexity index is 857. The molecule has 6 nitrogen and oxygen atoms in total. The number of nitrogens with zero attached hydrogens (tertiary/aromatic N) is 2. The summed E-state index contributed by atoms with van der Waals surface area (Å²) in [6, 6.07) is 15.4. The molecule has 0 aliphatic carbocycles. The van der Waals surface area contributed by atoms with Crippen molar-refractivity contribution >= 4 is 11.1 Å². The quantitative estimate of drug-likeness (QED) is 0.734. The van der Waals surface area contributed by atoms with Gasteiger partial charge in [-0.2, -0.15) is 0 Å². The molecule has 1 unspecified atom stereocenters. The molecule has 1 fully saturated rings. The fraction of sp³-hybridized carbons (Fsp3) is 0.350. The third-order valence-electron chi connectivity index (χ3n) is 4.56. The molecular formula is C20H23N3O3. The Morgan fingerprint density at radius 1 is 1.15 bits per heavy atom. The molecule has 4 rings (SSSR count). The first-order chi connectivity index (χ1) is 12.7. The van der Waals surface area contributed by atoms with Gasteiger partial charge in [0, 0.05) is 37.8 Å². The molecule has 6 heteroatoms. The van der Waals surface area contributed by atoms with Gasteiger partial charge >= 0.3 is 0 Å². The first-order valence-electron chi connectivity index (χ1n) is 8.96. The first kappa shape index (κ1) is 17.0. The number of rotatable bonds is 5. The van der Waals surface area contributed by atoms with Crippen molar-refractivity contribution in [3.63, 3.8) is 0 Å². The molecule has 2 atom stereocenters. The van der Waals surface area contributed by atoms with E-state index in [0.717, 1.165) is 37.3 Å². The molecule has 26 heavy (non-hydrogen) atoms. The van der Waals surface area contributed by atoms with Crippen LogP contribution in [-0.2, 0) is 0 Å². The highest BCUT2D eigenvalue weighted by atomic mass is 16.5. The molecule has 1 aliphatic rings. The van der Waals surface area contributed by atoms with Crippen molar-refractivity contribution in [3.05, 3.63) is 48.5 Å². The van der Waals surface area contributed by atoms with Crippen molar-refractivity contribution in [2.75, 3.05) is 26.2 Å². The van der Waals surface area contributed by atoms with E-state index >= 15 is 0 Å². The van der Waals surface area contributed by atoms with E-state index < -0.39 is 6.10 Å².